The molecule has 0 spiro atoms. The number of piperidine rings is 1. The van der Waals surface area contributed by atoms with Crippen LogP contribution in [0.1, 0.15) is 41.9 Å². The molecular weight excluding hydrogens is 548 g/mol. The summed E-state index contributed by atoms with van der Waals surface area (Å²) in [5.41, 5.74) is 1.83. The van der Waals surface area contributed by atoms with Gasteiger partial charge in [-0.3, -0.25) is 9.78 Å². The van der Waals surface area contributed by atoms with Gasteiger partial charge in [0.1, 0.15) is 17.5 Å². The van der Waals surface area contributed by atoms with Crippen molar-refractivity contribution < 1.29 is 22.0 Å². The van der Waals surface area contributed by atoms with Gasteiger partial charge in [-0.15, -0.1) is 0 Å². The fourth-order valence-electron chi connectivity index (χ4n) is 5.37. The second-order valence-corrected chi connectivity index (χ2v) is 13.0. The van der Waals surface area contributed by atoms with E-state index in [2.05, 4.69) is 29.0 Å². The maximum Gasteiger partial charge on any atom is 0.251 e. The Kier molecular flexibility index (Phi) is 7.74. The lowest BCUT2D eigenvalue weighted by Crippen LogP contribution is -2.39. The highest BCUT2D eigenvalue weighted by atomic mass is 32.2. The number of nitrogens with one attached hydrogen (secondary N) is 1. The Morgan fingerprint density at radius 1 is 1.02 bits per heavy atom. The van der Waals surface area contributed by atoms with Gasteiger partial charge in [0.25, 0.3) is 5.91 Å². The van der Waals surface area contributed by atoms with Gasteiger partial charge in [-0.2, -0.15) is 0 Å². The van der Waals surface area contributed by atoms with Gasteiger partial charge in [0.15, 0.2) is 9.84 Å². The van der Waals surface area contributed by atoms with E-state index in [4.69, 9.17) is 9.97 Å². The van der Waals surface area contributed by atoms with Gasteiger partial charge < -0.3 is 10.2 Å². The highest BCUT2D eigenvalue weighted by Gasteiger charge is 2.24. The molecule has 1 fully saturated rings. The van der Waals surface area contributed by atoms with E-state index in [9.17, 15) is 22.0 Å². The molecule has 8 nitrogen and oxygen atoms in total. The van der Waals surface area contributed by atoms with Gasteiger partial charge >= 0.3 is 0 Å². The predicted octanol–water partition coefficient (Wildman–Crippen LogP) is 5.09. The van der Waals surface area contributed by atoms with Crippen LogP contribution < -0.4 is 10.2 Å². The summed E-state index contributed by atoms with van der Waals surface area (Å²) in [7, 11) is -3.72. The SMILES string of the molecule is Cc1c(F)cc(C(=O)NCc2cc3nc(-c4cc(F)cc(N5C[C@H](C)C[C@H](C)C5)n4)ccc3cn2)cc1S(C)(=O)=O. The van der Waals surface area contributed by atoms with E-state index in [0.717, 1.165) is 43.3 Å². The second kappa shape index (κ2) is 11.1. The molecule has 5 rings (SSSR count). The number of fused-ring (bicyclic) bond motifs is 1. The van der Waals surface area contributed by atoms with Crippen LogP contribution in [-0.4, -0.2) is 48.6 Å². The first-order valence-corrected chi connectivity index (χ1v) is 15.2. The van der Waals surface area contributed by atoms with Crippen molar-refractivity contribution in [2.45, 2.75) is 38.6 Å². The molecule has 0 bridgehead atoms. The topological polar surface area (TPSA) is 105 Å². The molecule has 0 unspecified atom stereocenters. The molecule has 1 amide bonds. The predicted molar refractivity (Wildman–Crippen MR) is 153 cm³/mol. The number of amides is 1. The van der Waals surface area contributed by atoms with Crippen molar-refractivity contribution >= 4 is 32.5 Å². The highest BCUT2D eigenvalue weighted by molar-refractivity contribution is 7.90. The van der Waals surface area contributed by atoms with Crippen LogP contribution >= 0.6 is 0 Å². The maximum absolute atomic E-state index is 14.7. The molecule has 1 N–H and O–H groups in total. The Balaban J connectivity index is 1.38. The highest BCUT2D eigenvalue weighted by Crippen LogP contribution is 2.28. The monoisotopic (exact) mass is 579 g/mol. The smallest absolute Gasteiger partial charge is 0.251 e. The molecule has 0 radical (unpaired) electrons. The minimum absolute atomic E-state index is 0.00191. The Bertz CT molecular complexity index is 1750. The third kappa shape index (κ3) is 6.35. The average Bonchev–Trinajstić information content (AvgIpc) is 2.91. The number of hydrogen-bond donors (Lipinski definition) is 1. The number of carbonyl (C=O) groups excluding carboxylic acids is 1. The number of halogens is 2. The van der Waals surface area contributed by atoms with Crippen molar-refractivity contribution in [2.24, 2.45) is 11.8 Å². The van der Waals surface area contributed by atoms with Crippen molar-refractivity contribution in [3.05, 3.63) is 77.1 Å². The van der Waals surface area contributed by atoms with Gasteiger partial charge in [0.05, 0.1) is 34.0 Å². The van der Waals surface area contributed by atoms with Crippen LogP contribution in [0, 0.1) is 30.4 Å². The molecule has 1 aliphatic rings. The zero-order valence-corrected chi connectivity index (χ0v) is 24.1. The van der Waals surface area contributed by atoms with E-state index in [1.165, 1.54) is 19.1 Å². The van der Waals surface area contributed by atoms with E-state index < -0.39 is 21.6 Å². The summed E-state index contributed by atoms with van der Waals surface area (Å²) < 4.78 is 53.1. The number of benzene rings is 1. The van der Waals surface area contributed by atoms with Gasteiger partial charge in [0, 0.05) is 54.2 Å². The van der Waals surface area contributed by atoms with Gasteiger partial charge in [-0.05, 0) is 55.5 Å². The third-order valence-electron chi connectivity index (χ3n) is 7.25. The quantitative estimate of drug-likeness (QED) is 0.339. The number of carbonyl (C=O) groups is 1. The van der Waals surface area contributed by atoms with Crippen LogP contribution in [-0.2, 0) is 16.4 Å². The van der Waals surface area contributed by atoms with Crippen LogP contribution in [0.4, 0.5) is 14.6 Å². The molecular formula is C30H31F2N5O3S. The molecule has 1 saturated heterocycles. The van der Waals surface area contributed by atoms with Crippen molar-refractivity contribution in [3.63, 3.8) is 0 Å². The number of anilines is 1. The number of aromatic nitrogens is 3. The molecule has 11 heteroatoms. The fourth-order valence-corrected chi connectivity index (χ4v) is 6.36. The molecule has 2 atom stereocenters. The van der Waals surface area contributed by atoms with Crippen molar-refractivity contribution in [3.8, 4) is 11.4 Å². The molecule has 4 aromatic rings. The number of nitrogens with zero attached hydrogens (tertiary/aromatic N) is 4. The Morgan fingerprint density at radius 3 is 2.46 bits per heavy atom. The minimum atomic E-state index is -3.72. The normalized spacial score (nSPS) is 17.6. The summed E-state index contributed by atoms with van der Waals surface area (Å²) >= 11 is 0. The summed E-state index contributed by atoms with van der Waals surface area (Å²) in [6, 6.07) is 10.3. The van der Waals surface area contributed by atoms with E-state index in [0.29, 0.717) is 40.3 Å². The zero-order chi connectivity index (χ0) is 29.5. The molecule has 1 aromatic carbocycles. The molecule has 3 aromatic heterocycles. The van der Waals surface area contributed by atoms with Crippen LogP contribution in [0.25, 0.3) is 22.3 Å². The zero-order valence-electron chi connectivity index (χ0n) is 23.3. The lowest BCUT2D eigenvalue weighted by Gasteiger charge is -2.36. The molecule has 4 heterocycles. The van der Waals surface area contributed by atoms with Crippen LogP contribution in [0.3, 0.4) is 0 Å². The van der Waals surface area contributed by atoms with Gasteiger partial charge in [0.2, 0.25) is 0 Å². The molecule has 0 aliphatic carbocycles. The number of pyridine rings is 3. The van der Waals surface area contributed by atoms with E-state index in [1.54, 1.807) is 18.3 Å². The third-order valence-corrected chi connectivity index (χ3v) is 8.47. The summed E-state index contributed by atoms with van der Waals surface area (Å²) in [6.45, 7) is 7.36. The molecule has 1 aliphatic heterocycles. The lowest BCUT2D eigenvalue weighted by molar-refractivity contribution is 0.0949. The van der Waals surface area contributed by atoms with E-state index in [1.807, 2.05) is 6.07 Å². The van der Waals surface area contributed by atoms with Crippen molar-refractivity contribution in [1.29, 1.82) is 0 Å². The summed E-state index contributed by atoms with van der Waals surface area (Å²) in [5, 5.41) is 3.40. The number of rotatable bonds is 6. The fraction of sp³-hybridized carbons (Fsp3) is 0.333. The molecule has 0 saturated carbocycles. The molecule has 214 valence electrons. The van der Waals surface area contributed by atoms with Crippen molar-refractivity contribution in [2.75, 3.05) is 24.2 Å². The van der Waals surface area contributed by atoms with Gasteiger partial charge in [-0.25, -0.2) is 27.2 Å². The summed E-state index contributed by atoms with van der Waals surface area (Å²) in [6.07, 6.45) is 3.71. The Hall–Kier alpha value is -3.99. The average molecular weight is 580 g/mol. The Labute approximate surface area is 237 Å². The number of sulfone groups is 1. The second-order valence-electron chi connectivity index (χ2n) is 11.0. The summed E-state index contributed by atoms with van der Waals surface area (Å²) in [5.74, 6) is -0.242. The lowest BCUT2D eigenvalue weighted by atomic mass is 9.92. The van der Waals surface area contributed by atoms with Crippen LogP contribution in [0.15, 0.2) is 53.6 Å². The largest absolute Gasteiger partial charge is 0.356 e. The Morgan fingerprint density at radius 2 is 1.76 bits per heavy atom. The van der Waals surface area contributed by atoms with Crippen molar-refractivity contribution in [1.82, 2.24) is 20.3 Å². The first kappa shape index (κ1) is 28.5. The van der Waals surface area contributed by atoms with Crippen LogP contribution in [0.2, 0.25) is 0 Å². The molecule has 41 heavy (non-hydrogen) atoms. The van der Waals surface area contributed by atoms with E-state index >= 15 is 0 Å². The van der Waals surface area contributed by atoms with Crippen LogP contribution in [0.5, 0.6) is 0 Å². The maximum atomic E-state index is 14.7. The summed E-state index contributed by atoms with van der Waals surface area (Å²) in [4.78, 5) is 28.4. The van der Waals surface area contributed by atoms with Gasteiger partial charge in [-0.1, -0.05) is 13.8 Å². The first-order valence-electron chi connectivity index (χ1n) is 13.3. The standard InChI is InChI=1S/C30H31F2N5O3S/c1-17-7-18(2)16-37(15-17)29-11-22(31)10-27(36-29)25-6-5-20-13-33-23(12-26(20)35-25)14-34-30(38)21-8-24(32)19(3)28(9-21)41(4,39)40/h5-6,8-13,17-18H,7,14-16H2,1-4H3,(H,34,38)/t17-,18+. The first-order chi connectivity index (χ1) is 19.4. The van der Waals surface area contributed by atoms with E-state index in [-0.39, 0.29) is 28.4 Å². The minimum Gasteiger partial charge on any atom is -0.356 e. The number of hydrogen-bond acceptors (Lipinski definition) is 7.